The third-order valence-corrected chi connectivity index (χ3v) is 5.05. The lowest BCUT2D eigenvalue weighted by atomic mass is 10.0. The van der Waals surface area contributed by atoms with E-state index in [1.54, 1.807) is 0 Å². The van der Waals surface area contributed by atoms with Gasteiger partial charge in [-0.3, -0.25) is 9.89 Å². The van der Waals surface area contributed by atoms with E-state index >= 15 is 0 Å². The summed E-state index contributed by atoms with van der Waals surface area (Å²) in [5, 5.41) is 10.8. The van der Waals surface area contributed by atoms with Gasteiger partial charge in [0.1, 0.15) is 5.82 Å². The lowest BCUT2D eigenvalue weighted by Crippen LogP contribution is -2.30. The quantitative estimate of drug-likeness (QED) is 0.827. The molecule has 6 heteroatoms. The summed E-state index contributed by atoms with van der Waals surface area (Å²) in [5.74, 6) is 2.02. The van der Waals surface area contributed by atoms with Crippen molar-refractivity contribution < 1.29 is 4.79 Å². The summed E-state index contributed by atoms with van der Waals surface area (Å²) in [6.07, 6.45) is 1.51. The maximum Gasteiger partial charge on any atom is 0.221 e. The number of thioether (sulfide) groups is 1. The number of rotatable bonds is 5. The molecule has 1 heterocycles. The fourth-order valence-corrected chi connectivity index (χ4v) is 3.83. The standard InChI is InChI=1S/C17H22N4OS/c1-10-4-5-13-9-11(2)16(14(13)8-10)19-15(22)6-7-23-17-18-12(3)20-21-17/h4-5,8,11,16H,6-7,9H2,1-3H3,(H,19,22)(H,18,20,21)/t11-,16-/m1/s1. The Bertz CT molecular complexity index is 712. The smallest absolute Gasteiger partial charge is 0.221 e. The van der Waals surface area contributed by atoms with E-state index in [2.05, 4.69) is 52.5 Å². The first-order chi connectivity index (χ1) is 11.0. The van der Waals surface area contributed by atoms with Crippen LogP contribution in [0.1, 0.15) is 41.9 Å². The summed E-state index contributed by atoms with van der Waals surface area (Å²) in [7, 11) is 0. The highest BCUT2D eigenvalue weighted by molar-refractivity contribution is 7.99. The zero-order valence-corrected chi connectivity index (χ0v) is 14.5. The van der Waals surface area contributed by atoms with Crippen LogP contribution in [0.5, 0.6) is 0 Å². The number of aromatic amines is 1. The summed E-state index contributed by atoms with van der Waals surface area (Å²) < 4.78 is 0. The highest BCUT2D eigenvalue weighted by Gasteiger charge is 2.30. The Morgan fingerprint density at radius 1 is 1.43 bits per heavy atom. The molecule has 3 rings (SSSR count). The Balaban J connectivity index is 1.55. The number of fused-ring (bicyclic) bond motifs is 1. The highest BCUT2D eigenvalue weighted by atomic mass is 32.2. The van der Waals surface area contributed by atoms with Crippen molar-refractivity contribution in [3.63, 3.8) is 0 Å². The molecule has 0 bridgehead atoms. The van der Waals surface area contributed by atoms with Gasteiger partial charge in [-0.2, -0.15) is 0 Å². The molecule has 2 aromatic rings. The van der Waals surface area contributed by atoms with Crippen LogP contribution >= 0.6 is 11.8 Å². The molecule has 0 saturated heterocycles. The van der Waals surface area contributed by atoms with Gasteiger partial charge in [-0.1, -0.05) is 42.4 Å². The molecule has 122 valence electrons. The maximum atomic E-state index is 12.3. The molecule has 2 atom stereocenters. The lowest BCUT2D eigenvalue weighted by Gasteiger charge is -2.19. The molecule has 1 aliphatic rings. The zero-order chi connectivity index (χ0) is 16.4. The Morgan fingerprint density at radius 2 is 2.26 bits per heavy atom. The van der Waals surface area contributed by atoms with Crippen LogP contribution in [0.3, 0.4) is 0 Å². The molecular formula is C17H22N4OS. The molecule has 1 aromatic carbocycles. The van der Waals surface area contributed by atoms with Crippen molar-refractivity contribution >= 4 is 17.7 Å². The average molecular weight is 330 g/mol. The number of carbonyl (C=O) groups excluding carboxylic acids is 1. The number of nitrogens with one attached hydrogen (secondary N) is 2. The molecule has 0 aliphatic heterocycles. The molecule has 2 N–H and O–H groups in total. The van der Waals surface area contributed by atoms with E-state index < -0.39 is 0 Å². The number of aromatic nitrogens is 3. The molecule has 0 unspecified atom stereocenters. The number of hydrogen-bond acceptors (Lipinski definition) is 4. The van der Waals surface area contributed by atoms with Crippen LogP contribution < -0.4 is 5.32 Å². The molecule has 0 spiro atoms. The summed E-state index contributed by atoms with van der Waals surface area (Å²) in [5.41, 5.74) is 3.88. The van der Waals surface area contributed by atoms with E-state index in [9.17, 15) is 4.79 Å². The fraction of sp³-hybridized carbons (Fsp3) is 0.471. The molecule has 5 nitrogen and oxygen atoms in total. The van der Waals surface area contributed by atoms with Gasteiger partial charge < -0.3 is 5.32 Å². The highest BCUT2D eigenvalue weighted by Crippen LogP contribution is 2.36. The molecule has 0 radical (unpaired) electrons. The predicted molar refractivity (Wildman–Crippen MR) is 91.4 cm³/mol. The number of nitrogens with zero attached hydrogens (tertiary/aromatic N) is 2. The minimum Gasteiger partial charge on any atom is -0.349 e. The van der Waals surface area contributed by atoms with Crippen LogP contribution in [0.4, 0.5) is 0 Å². The van der Waals surface area contributed by atoms with Crippen LogP contribution in [0, 0.1) is 19.8 Å². The van der Waals surface area contributed by atoms with Crippen molar-refractivity contribution in [2.45, 2.75) is 44.8 Å². The third-order valence-electron chi connectivity index (χ3n) is 4.20. The van der Waals surface area contributed by atoms with E-state index in [1.807, 2.05) is 6.92 Å². The molecule has 0 fully saturated rings. The summed E-state index contributed by atoms with van der Waals surface area (Å²) >= 11 is 1.50. The third kappa shape index (κ3) is 3.75. The minimum absolute atomic E-state index is 0.0935. The van der Waals surface area contributed by atoms with Gasteiger partial charge in [0.15, 0.2) is 0 Å². The van der Waals surface area contributed by atoms with Crippen molar-refractivity contribution in [2.75, 3.05) is 5.75 Å². The predicted octanol–water partition coefficient (Wildman–Crippen LogP) is 2.95. The van der Waals surface area contributed by atoms with Crippen molar-refractivity contribution in [1.82, 2.24) is 20.5 Å². The van der Waals surface area contributed by atoms with Crippen molar-refractivity contribution in [2.24, 2.45) is 5.92 Å². The normalized spacial score (nSPS) is 19.6. The fourth-order valence-electron chi connectivity index (χ4n) is 3.05. The Morgan fingerprint density at radius 3 is 3.00 bits per heavy atom. The first kappa shape index (κ1) is 16.1. The monoisotopic (exact) mass is 330 g/mol. The van der Waals surface area contributed by atoms with Gasteiger partial charge >= 0.3 is 0 Å². The molecule has 1 aliphatic carbocycles. The van der Waals surface area contributed by atoms with E-state index in [0.29, 0.717) is 23.2 Å². The Hall–Kier alpha value is -1.82. The summed E-state index contributed by atoms with van der Waals surface area (Å²) in [6, 6.07) is 6.67. The first-order valence-electron chi connectivity index (χ1n) is 7.93. The molecular weight excluding hydrogens is 308 g/mol. The second-order valence-electron chi connectivity index (χ2n) is 6.23. The number of carbonyl (C=O) groups is 1. The minimum atomic E-state index is 0.0935. The van der Waals surface area contributed by atoms with Gasteiger partial charge in [0.25, 0.3) is 0 Å². The van der Waals surface area contributed by atoms with E-state index in [4.69, 9.17) is 0 Å². The van der Waals surface area contributed by atoms with Gasteiger partial charge in [-0.25, -0.2) is 4.98 Å². The zero-order valence-electron chi connectivity index (χ0n) is 13.7. The van der Waals surface area contributed by atoms with Crippen LogP contribution in [0.2, 0.25) is 0 Å². The van der Waals surface area contributed by atoms with Crippen molar-refractivity contribution in [1.29, 1.82) is 0 Å². The molecule has 0 saturated carbocycles. The van der Waals surface area contributed by atoms with Gasteiger partial charge in [0.05, 0.1) is 6.04 Å². The largest absolute Gasteiger partial charge is 0.349 e. The lowest BCUT2D eigenvalue weighted by molar-refractivity contribution is -0.121. The number of hydrogen-bond donors (Lipinski definition) is 2. The van der Waals surface area contributed by atoms with E-state index in [1.165, 1.54) is 28.5 Å². The van der Waals surface area contributed by atoms with Gasteiger partial charge in [0, 0.05) is 12.2 Å². The topological polar surface area (TPSA) is 70.7 Å². The van der Waals surface area contributed by atoms with Crippen LogP contribution in [-0.2, 0) is 11.2 Å². The Labute approximate surface area is 140 Å². The maximum absolute atomic E-state index is 12.3. The second kappa shape index (κ2) is 6.74. The second-order valence-corrected chi connectivity index (χ2v) is 7.29. The van der Waals surface area contributed by atoms with Crippen molar-refractivity contribution in [3.8, 4) is 0 Å². The van der Waals surface area contributed by atoms with E-state index in [-0.39, 0.29) is 11.9 Å². The van der Waals surface area contributed by atoms with Crippen LogP contribution in [0.25, 0.3) is 0 Å². The number of benzene rings is 1. The van der Waals surface area contributed by atoms with Crippen molar-refractivity contribution in [3.05, 3.63) is 40.7 Å². The summed E-state index contributed by atoms with van der Waals surface area (Å²) in [4.78, 5) is 16.5. The molecule has 23 heavy (non-hydrogen) atoms. The van der Waals surface area contributed by atoms with Gasteiger partial charge in [-0.05, 0) is 37.3 Å². The van der Waals surface area contributed by atoms with E-state index in [0.717, 1.165) is 12.2 Å². The summed E-state index contributed by atoms with van der Waals surface area (Å²) in [6.45, 7) is 6.16. The van der Waals surface area contributed by atoms with Crippen LogP contribution in [0.15, 0.2) is 23.4 Å². The SMILES string of the molecule is Cc1ccc2c(c1)[C@H](NC(=O)CCSc1n[nH]c(C)n1)[C@H](C)C2. The molecule has 1 aromatic heterocycles. The van der Waals surface area contributed by atoms with Crippen LogP contribution in [-0.4, -0.2) is 26.8 Å². The first-order valence-corrected chi connectivity index (χ1v) is 8.92. The Kier molecular flexibility index (Phi) is 4.71. The number of H-pyrrole nitrogens is 1. The average Bonchev–Trinajstić information content (AvgIpc) is 3.04. The van der Waals surface area contributed by atoms with Gasteiger partial charge in [-0.15, -0.1) is 5.10 Å². The number of aryl methyl sites for hydroxylation is 2. The number of amides is 1. The van der Waals surface area contributed by atoms with Gasteiger partial charge in [0.2, 0.25) is 11.1 Å². The molecule has 1 amide bonds.